The van der Waals surface area contributed by atoms with Crippen LogP contribution in [-0.4, -0.2) is 22.7 Å². The number of piperidine rings is 1. The maximum absolute atomic E-state index is 11.1. The summed E-state index contributed by atoms with van der Waals surface area (Å²) in [6, 6.07) is 15.5. The molecule has 0 unspecified atom stereocenters. The van der Waals surface area contributed by atoms with Crippen molar-refractivity contribution in [3.8, 4) is 11.3 Å². The van der Waals surface area contributed by atoms with Gasteiger partial charge in [-0.3, -0.25) is 0 Å². The highest BCUT2D eigenvalue weighted by molar-refractivity contribution is 6.42. The molecule has 3 aromatic rings. The van der Waals surface area contributed by atoms with Crippen LogP contribution in [0, 0.1) is 0 Å². The van der Waals surface area contributed by atoms with E-state index in [0.717, 1.165) is 53.5 Å². The molecular weight excluding hydrogens is 367 g/mol. The Morgan fingerprint density at radius 3 is 2.65 bits per heavy atom. The zero-order valence-electron chi connectivity index (χ0n) is 14.3. The fourth-order valence-electron chi connectivity index (χ4n) is 3.62. The number of benzene rings is 2. The number of fused-ring (bicyclic) bond motifs is 1. The van der Waals surface area contributed by atoms with Gasteiger partial charge in [-0.2, -0.15) is 0 Å². The molecule has 0 spiro atoms. The molecular formula is C21H20Cl2N2O. The fraction of sp³-hybridized carbons (Fsp3) is 0.286. The highest BCUT2D eigenvalue weighted by Gasteiger charge is 2.25. The Kier molecular flexibility index (Phi) is 5.14. The van der Waals surface area contributed by atoms with Crippen molar-refractivity contribution >= 4 is 34.1 Å². The van der Waals surface area contributed by atoms with Crippen LogP contribution in [0.1, 0.15) is 30.9 Å². The molecule has 0 bridgehead atoms. The number of nitrogens with one attached hydrogen (secondary N) is 1. The van der Waals surface area contributed by atoms with Crippen LogP contribution in [0.2, 0.25) is 10.0 Å². The highest BCUT2D eigenvalue weighted by atomic mass is 35.5. The first kappa shape index (κ1) is 17.7. The molecule has 2 N–H and O–H groups in total. The molecule has 5 heteroatoms. The Labute approximate surface area is 163 Å². The van der Waals surface area contributed by atoms with Gasteiger partial charge in [0, 0.05) is 17.0 Å². The summed E-state index contributed by atoms with van der Waals surface area (Å²) in [6.45, 7) is 0.949. The van der Waals surface area contributed by atoms with Gasteiger partial charge in [0.2, 0.25) is 0 Å². The van der Waals surface area contributed by atoms with Crippen LogP contribution in [0.25, 0.3) is 22.2 Å². The lowest BCUT2D eigenvalue weighted by atomic mass is 9.92. The van der Waals surface area contributed by atoms with Gasteiger partial charge in [0.05, 0.1) is 27.4 Å². The number of halogens is 2. The molecule has 1 aromatic heterocycles. The minimum absolute atomic E-state index is 0.0659. The Balaban J connectivity index is 1.83. The van der Waals surface area contributed by atoms with Crippen molar-refractivity contribution in [2.24, 2.45) is 0 Å². The topological polar surface area (TPSA) is 45.2 Å². The molecule has 4 rings (SSSR count). The molecule has 2 atom stereocenters. The molecule has 0 saturated carbocycles. The second kappa shape index (κ2) is 7.53. The summed E-state index contributed by atoms with van der Waals surface area (Å²) in [7, 11) is 0. The Morgan fingerprint density at radius 1 is 1.04 bits per heavy atom. The van der Waals surface area contributed by atoms with Crippen LogP contribution in [0.3, 0.4) is 0 Å². The zero-order valence-corrected chi connectivity index (χ0v) is 15.8. The van der Waals surface area contributed by atoms with E-state index in [1.54, 1.807) is 6.07 Å². The molecule has 1 aliphatic heterocycles. The third-order valence-corrected chi connectivity index (χ3v) is 5.75. The van der Waals surface area contributed by atoms with Crippen LogP contribution in [0.4, 0.5) is 0 Å². The normalized spacial score (nSPS) is 18.8. The monoisotopic (exact) mass is 386 g/mol. The molecule has 3 nitrogen and oxygen atoms in total. The van der Waals surface area contributed by atoms with Crippen molar-refractivity contribution in [3.63, 3.8) is 0 Å². The number of nitrogens with zero attached hydrogens (tertiary/aromatic N) is 1. The van der Waals surface area contributed by atoms with E-state index in [4.69, 9.17) is 28.2 Å². The summed E-state index contributed by atoms with van der Waals surface area (Å²) in [4.78, 5) is 4.77. The number of hydrogen-bond donors (Lipinski definition) is 2. The largest absolute Gasteiger partial charge is 0.387 e. The van der Waals surface area contributed by atoms with E-state index >= 15 is 0 Å². The lowest BCUT2D eigenvalue weighted by Crippen LogP contribution is -2.38. The maximum Gasteiger partial charge on any atom is 0.0950 e. The van der Waals surface area contributed by atoms with E-state index in [2.05, 4.69) is 5.32 Å². The maximum atomic E-state index is 11.1. The summed E-state index contributed by atoms with van der Waals surface area (Å²) in [5, 5.41) is 16.5. The number of aromatic nitrogens is 1. The molecule has 0 radical (unpaired) electrons. The van der Waals surface area contributed by atoms with E-state index in [1.165, 1.54) is 0 Å². The van der Waals surface area contributed by atoms with Crippen LogP contribution < -0.4 is 5.32 Å². The predicted octanol–water partition coefficient (Wildman–Crippen LogP) is 5.38. The first-order chi connectivity index (χ1) is 12.6. The molecule has 1 aliphatic rings. The summed E-state index contributed by atoms with van der Waals surface area (Å²) in [5.74, 6) is 0. The highest BCUT2D eigenvalue weighted by Crippen LogP contribution is 2.34. The second-order valence-electron chi connectivity index (χ2n) is 6.74. The summed E-state index contributed by atoms with van der Waals surface area (Å²) in [6.07, 6.45) is 2.69. The molecule has 134 valence electrons. The van der Waals surface area contributed by atoms with E-state index in [9.17, 15) is 5.11 Å². The number of pyridine rings is 1. The lowest BCUT2D eigenvalue weighted by molar-refractivity contribution is 0.115. The average Bonchev–Trinajstić information content (AvgIpc) is 2.69. The Hall–Kier alpha value is -1.65. The minimum Gasteiger partial charge on any atom is -0.387 e. The average molecular weight is 387 g/mol. The standard InChI is InChI=1S/C21H20Cl2N2O/c22-16-9-8-13(11-17(16)23)20-12-15(14-5-1-2-6-18(14)25-20)21(26)19-7-3-4-10-24-19/h1-2,5-6,8-9,11-12,19,21,24,26H,3-4,7,10H2/t19-,21+/m1/s1. The molecule has 0 aliphatic carbocycles. The molecule has 2 heterocycles. The van der Waals surface area contributed by atoms with Gasteiger partial charge in [-0.05, 0) is 49.2 Å². The summed E-state index contributed by atoms with van der Waals surface area (Å²) in [5.41, 5.74) is 3.43. The van der Waals surface area contributed by atoms with Gasteiger partial charge in [-0.15, -0.1) is 0 Å². The van der Waals surface area contributed by atoms with Crippen LogP contribution in [-0.2, 0) is 0 Å². The number of para-hydroxylation sites is 1. The second-order valence-corrected chi connectivity index (χ2v) is 7.56. The van der Waals surface area contributed by atoms with Crippen LogP contribution >= 0.6 is 23.2 Å². The quantitative estimate of drug-likeness (QED) is 0.634. The van der Waals surface area contributed by atoms with Crippen LogP contribution in [0.15, 0.2) is 48.5 Å². The first-order valence-electron chi connectivity index (χ1n) is 8.90. The van der Waals surface area contributed by atoms with Crippen molar-refractivity contribution in [2.75, 3.05) is 6.54 Å². The molecule has 2 aromatic carbocycles. The van der Waals surface area contributed by atoms with Gasteiger partial charge in [-0.1, -0.05) is 53.9 Å². The number of rotatable bonds is 3. The fourth-order valence-corrected chi connectivity index (χ4v) is 3.91. The van der Waals surface area contributed by atoms with Gasteiger partial charge in [0.25, 0.3) is 0 Å². The molecule has 26 heavy (non-hydrogen) atoms. The number of hydrogen-bond acceptors (Lipinski definition) is 3. The van der Waals surface area contributed by atoms with E-state index < -0.39 is 6.10 Å². The van der Waals surface area contributed by atoms with Crippen molar-refractivity contribution in [1.82, 2.24) is 10.3 Å². The molecule has 1 fully saturated rings. The third-order valence-electron chi connectivity index (χ3n) is 5.01. The van der Waals surface area contributed by atoms with Crippen molar-refractivity contribution < 1.29 is 5.11 Å². The molecule has 1 saturated heterocycles. The molecule has 0 amide bonds. The minimum atomic E-state index is -0.579. The Bertz CT molecular complexity index is 938. The van der Waals surface area contributed by atoms with Crippen molar-refractivity contribution in [2.45, 2.75) is 31.4 Å². The van der Waals surface area contributed by atoms with Gasteiger partial charge >= 0.3 is 0 Å². The smallest absolute Gasteiger partial charge is 0.0950 e. The summed E-state index contributed by atoms with van der Waals surface area (Å²) < 4.78 is 0. The lowest BCUT2D eigenvalue weighted by Gasteiger charge is -2.29. The SMILES string of the molecule is O[C@@H](c1cc(-c2ccc(Cl)c(Cl)c2)nc2ccccc12)[C@H]1CCCCN1. The van der Waals surface area contributed by atoms with Crippen molar-refractivity contribution in [3.05, 3.63) is 64.1 Å². The van der Waals surface area contributed by atoms with E-state index in [-0.39, 0.29) is 6.04 Å². The Morgan fingerprint density at radius 2 is 1.88 bits per heavy atom. The zero-order chi connectivity index (χ0) is 18.1. The third kappa shape index (κ3) is 3.45. The first-order valence-corrected chi connectivity index (χ1v) is 9.65. The van der Waals surface area contributed by atoms with E-state index in [1.807, 2.05) is 42.5 Å². The number of aliphatic hydroxyl groups excluding tert-OH is 1. The van der Waals surface area contributed by atoms with Gasteiger partial charge < -0.3 is 10.4 Å². The van der Waals surface area contributed by atoms with E-state index in [0.29, 0.717) is 10.0 Å². The number of aliphatic hydroxyl groups is 1. The van der Waals surface area contributed by atoms with Gasteiger partial charge in [-0.25, -0.2) is 4.98 Å². The predicted molar refractivity (Wildman–Crippen MR) is 108 cm³/mol. The summed E-state index contributed by atoms with van der Waals surface area (Å²) >= 11 is 12.2. The van der Waals surface area contributed by atoms with Crippen molar-refractivity contribution in [1.29, 1.82) is 0 Å². The van der Waals surface area contributed by atoms with Gasteiger partial charge in [0.15, 0.2) is 0 Å². The van der Waals surface area contributed by atoms with Crippen LogP contribution in [0.5, 0.6) is 0 Å². The van der Waals surface area contributed by atoms with Gasteiger partial charge in [0.1, 0.15) is 0 Å².